The van der Waals surface area contributed by atoms with Crippen LogP contribution in [0.15, 0.2) is 36.5 Å². The molecule has 2 aromatic heterocycles. The molecule has 1 fully saturated rings. The van der Waals surface area contributed by atoms with E-state index in [1.54, 1.807) is 12.1 Å². The van der Waals surface area contributed by atoms with E-state index in [0.29, 0.717) is 17.0 Å². The van der Waals surface area contributed by atoms with E-state index in [1.165, 1.54) is 19.2 Å². The summed E-state index contributed by atoms with van der Waals surface area (Å²) in [7, 11) is 1.44. The fourth-order valence-corrected chi connectivity index (χ4v) is 3.89. The van der Waals surface area contributed by atoms with Gasteiger partial charge in [-0.3, -0.25) is 14.7 Å². The minimum atomic E-state index is -2.93. The van der Waals surface area contributed by atoms with Crippen LogP contribution in [0.5, 0.6) is 5.75 Å². The number of halogens is 2. The summed E-state index contributed by atoms with van der Waals surface area (Å²) in [6.45, 7) is 0. The molecule has 0 saturated heterocycles. The Balaban J connectivity index is 1.63. The van der Waals surface area contributed by atoms with Gasteiger partial charge in [0.2, 0.25) is 0 Å². The summed E-state index contributed by atoms with van der Waals surface area (Å²) >= 11 is 0. The number of aliphatic hydroxyl groups excluding tert-OH is 1. The van der Waals surface area contributed by atoms with E-state index in [-0.39, 0.29) is 22.6 Å². The summed E-state index contributed by atoms with van der Waals surface area (Å²) in [4.78, 5) is 12.7. The van der Waals surface area contributed by atoms with Crippen molar-refractivity contribution in [3.05, 3.63) is 47.9 Å². The van der Waals surface area contributed by atoms with Crippen molar-refractivity contribution in [2.24, 2.45) is 0 Å². The van der Waals surface area contributed by atoms with E-state index in [4.69, 9.17) is 4.74 Å². The van der Waals surface area contributed by atoms with Crippen LogP contribution in [0.4, 0.5) is 14.5 Å². The lowest BCUT2D eigenvalue weighted by atomic mass is 9.93. The first-order valence-electron chi connectivity index (χ1n) is 9.96. The number of aromatic nitrogens is 3. The van der Waals surface area contributed by atoms with Crippen molar-refractivity contribution in [3.63, 3.8) is 0 Å². The Morgan fingerprint density at radius 1 is 1.29 bits per heavy atom. The van der Waals surface area contributed by atoms with Crippen molar-refractivity contribution in [2.45, 2.75) is 44.3 Å². The quantitative estimate of drug-likeness (QED) is 0.424. The number of hydrogen-bond acceptors (Lipinski definition) is 5. The lowest BCUT2D eigenvalue weighted by Crippen LogP contribution is -2.43. The first-order chi connectivity index (χ1) is 14.9. The number of carbonyl (C=O) groups is 1. The molecule has 4 rings (SSSR count). The topological polar surface area (TPSA) is 100 Å². The molecule has 1 amide bonds. The number of rotatable bonds is 5. The lowest BCUT2D eigenvalue weighted by Gasteiger charge is -2.25. The monoisotopic (exact) mass is 433 g/mol. The number of hydrogen-bond donors (Lipinski definition) is 3. The summed E-state index contributed by atoms with van der Waals surface area (Å²) in [6, 6.07) is 7.10. The molecule has 31 heavy (non-hydrogen) atoms. The number of amides is 1. The molecule has 0 aliphatic heterocycles. The number of nitrogens with zero attached hydrogens (tertiary/aromatic N) is 3. The zero-order chi connectivity index (χ0) is 22.1. The van der Waals surface area contributed by atoms with Crippen molar-refractivity contribution in [3.8, 4) is 5.75 Å². The van der Waals surface area contributed by atoms with E-state index in [1.807, 2.05) is 10.9 Å². The van der Waals surface area contributed by atoms with E-state index < -0.39 is 18.0 Å². The number of fused-ring (bicyclic) bond motifs is 1. The molecule has 0 bridgehead atoms. The van der Waals surface area contributed by atoms with Crippen LogP contribution < -0.4 is 14.8 Å². The summed E-state index contributed by atoms with van der Waals surface area (Å²) in [5.74, 6) is -0.420. The smallest absolute Gasteiger partial charge is 0.325 e. The third-order valence-corrected chi connectivity index (χ3v) is 5.58. The van der Waals surface area contributed by atoms with Gasteiger partial charge in [-0.15, -0.1) is 0 Å². The van der Waals surface area contributed by atoms with Gasteiger partial charge in [-0.05, 0) is 37.8 Å². The number of anilines is 1. The van der Waals surface area contributed by atoms with Gasteiger partial charge in [-0.2, -0.15) is 13.9 Å². The van der Waals surface area contributed by atoms with Crippen LogP contribution in [-0.2, 0) is 0 Å². The average Bonchev–Trinajstić information content (AvgIpc) is 3.16. The van der Waals surface area contributed by atoms with Crippen molar-refractivity contribution in [2.75, 3.05) is 12.4 Å². The highest BCUT2D eigenvalue weighted by atomic mass is 19.3. The van der Waals surface area contributed by atoms with Crippen molar-refractivity contribution < 1.29 is 33.4 Å². The lowest BCUT2D eigenvalue weighted by molar-refractivity contribution is -0.912. The maximum Gasteiger partial charge on any atom is 0.325 e. The highest BCUT2D eigenvalue weighted by Gasteiger charge is 2.29. The Labute approximate surface area is 176 Å². The van der Waals surface area contributed by atoms with E-state index in [0.717, 1.165) is 37.1 Å². The maximum atomic E-state index is 13.0. The van der Waals surface area contributed by atoms with Gasteiger partial charge < -0.3 is 15.2 Å². The van der Waals surface area contributed by atoms with Crippen LogP contribution in [-0.4, -0.2) is 39.2 Å². The SMILES string of the molecule is COc1cc2nn([C@H]3CC[C@H](O)CC3)cc2cc1NC(=O)c1cccc(C(F)F)[n+]1O. The third kappa shape index (κ3) is 4.15. The molecule has 3 aromatic rings. The first kappa shape index (κ1) is 21.0. The van der Waals surface area contributed by atoms with Crippen molar-refractivity contribution >= 4 is 22.5 Å². The number of pyridine rings is 1. The Hall–Kier alpha value is -3.27. The van der Waals surface area contributed by atoms with Gasteiger partial charge in [-0.1, -0.05) is 0 Å². The van der Waals surface area contributed by atoms with E-state index >= 15 is 0 Å². The van der Waals surface area contributed by atoms with Crippen molar-refractivity contribution in [1.82, 2.24) is 9.78 Å². The largest absolute Gasteiger partial charge is 0.494 e. The van der Waals surface area contributed by atoms with Gasteiger partial charge in [0.05, 0.1) is 30.5 Å². The Morgan fingerprint density at radius 2 is 2.03 bits per heavy atom. The predicted molar refractivity (Wildman–Crippen MR) is 107 cm³/mol. The van der Waals surface area contributed by atoms with Gasteiger partial charge in [-0.25, -0.2) is 0 Å². The second kappa shape index (κ2) is 8.46. The number of nitrogens with one attached hydrogen (secondary N) is 1. The summed E-state index contributed by atoms with van der Waals surface area (Å²) in [5, 5.41) is 27.7. The van der Waals surface area contributed by atoms with Crippen LogP contribution >= 0.6 is 0 Å². The van der Waals surface area contributed by atoms with Crippen LogP contribution in [0.3, 0.4) is 0 Å². The molecule has 1 aliphatic carbocycles. The predicted octanol–water partition coefficient (Wildman–Crippen LogP) is 3.24. The van der Waals surface area contributed by atoms with Gasteiger partial charge in [0.15, 0.2) is 0 Å². The van der Waals surface area contributed by atoms with Crippen LogP contribution in [0.2, 0.25) is 0 Å². The molecule has 3 N–H and O–H groups in total. The Bertz CT molecular complexity index is 1110. The fraction of sp³-hybridized carbons (Fsp3) is 0.381. The van der Waals surface area contributed by atoms with E-state index in [2.05, 4.69) is 10.4 Å². The molecule has 1 saturated carbocycles. The molecule has 8 nitrogen and oxygen atoms in total. The number of methoxy groups -OCH3 is 1. The molecule has 1 aromatic carbocycles. The number of alkyl halides is 2. The normalized spacial score (nSPS) is 19.0. The van der Waals surface area contributed by atoms with Gasteiger partial charge in [0, 0.05) is 34.5 Å². The molecule has 1 aliphatic rings. The number of benzene rings is 1. The molecule has 2 heterocycles. The minimum absolute atomic E-state index is 0.181. The zero-order valence-electron chi connectivity index (χ0n) is 16.8. The van der Waals surface area contributed by atoms with Crippen LogP contribution in [0.1, 0.15) is 54.3 Å². The average molecular weight is 433 g/mol. The molecule has 0 atom stereocenters. The molecule has 0 unspecified atom stereocenters. The Kier molecular flexibility index (Phi) is 5.73. The molecule has 0 spiro atoms. The first-order valence-corrected chi connectivity index (χ1v) is 9.96. The number of aliphatic hydroxyl groups is 1. The van der Waals surface area contributed by atoms with Gasteiger partial charge in [0.25, 0.3) is 0 Å². The molecule has 164 valence electrons. The zero-order valence-corrected chi connectivity index (χ0v) is 16.8. The maximum absolute atomic E-state index is 13.0. The summed E-state index contributed by atoms with van der Waals surface area (Å²) in [5.41, 5.74) is -0.0238. The van der Waals surface area contributed by atoms with Crippen LogP contribution in [0, 0.1) is 0 Å². The third-order valence-electron chi connectivity index (χ3n) is 5.58. The second-order valence-corrected chi connectivity index (χ2v) is 7.59. The van der Waals surface area contributed by atoms with E-state index in [9.17, 15) is 23.9 Å². The Morgan fingerprint density at radius 3 is 2.71 bits per heavy atom. The highest BCUT2D eigenvalue weighted by Crippen LogP contribution is 2.33. The minimum Gasteiger partial charge on any atom is -0.494 e. The molecule has 10 heteroatoms. The second-order valence-electron chi connectivity index (χ2n) is 7.59. The molecular formula is C21H23F2N4O4+. The van der Waals surface area contributed by atoms with Gasteiger partial charge in [0.1, 0.15) is 5.75 Å². The highest BCUT2D eigenvalue weighted by molar-refractivity contribution is 6.04. The van der Waals surface area contributed by atoms with Crippen LogP contribution in [0.25, 0.3) is 10.9 Å². The number of carbonyl (C=O) groups excluding carboxylic acids is 1. The summed E-state index contributed by atoms with van der Waals surface area (Å²) in [6.07, 6.45) is 1.78. The fourth-order valence-electron chi connectivity index (χ4n) is 3.89. The van der Waals surface area contributed by atoms with Gasteiger partial charge >= 0.3 is 23.7 Å². The summed E-state index contributed by atoms with van der Waals surface area (Å²) < 4.78 is 33.4. The molecule has 0 radical (unpaired) electrons. The standard InChI is InChI=1S/C21H22F2N4O4/c1-31-19-10-15-12(11-26(25-15)13-5-7-14(28)8-6-13)9-16(19)24-21(29)18-4-2-3-17(20(22)23)27(18)30/h2-4,9-11,13-14,20,28H,5-8H2,1H3,(H-,24,29,30)/p+1/t13-,14-. The molecular weight excluding hydrogens is 410 g/mol. The van der Waals surface area contributed by atoms with Crippen molar-refractivity contribution in [1.29, 1.82) is 0 Å². The number of ether oxygens (including phenoxy) is 1.